The Balaban J connectivity index is 2.20. The second kappa shape index (κ2) is 3.21. The van der Waals surface area contributed by atoms with Crippen molar-refractivity contribution >= 4 is 17.3 Å². The minimum Gasteiger partial charge on any atom is -0.478 e. The zero-order chi connectivity index (χ0) is 10.1. The predicted octanol–water partition coefficient (Wildman–Crippen LogP) is 1.54. The Morgan fingerprint density at radius 1 is 1.50 bits per heavy atom. The lowest BCUT2D eigenvalue weighted by molar-refractivity contribution is 0.0698. The molecule has 0 spiro atoms. The lowest BCUT2D eigenvalue weighted by atomic mass is 10.1. The summed E-state index contributed by atoms with van der Waals surface area (Å²) in [6, 6.07) is 5.49. The molecule has 0 saturated heterocycles. The number of carbonyl (C=O) groups is 1. The van der Waals surface area contributed by atoms with Crippen molar-refractivity contribution in [3.8, 4) is 0 Å². The maximum Gasteiger partial charge on any atom is 0.337 e. The molecule has 1 saturated carbocycles. The average Bonchev–Trinajstić information content (AvgIpc) is 2.87. The van der Waals surface area contributed by atoms with Crippen molar-refractivity contribution in [2.75, 3.05) is 11.1 Å². The summed E-state index contributed by atoms with van der Waals surface area (Å²) < 4.78 is 0. The van der Waals surface area contributed by atoms with Gasteiger partial charge in [-0.1, -0.05) is 0 Å². The maximum atomic E-state index is 10.7. The van der Waals surface area contributed by atoms with E-state index in [0.29, 0.717) is 11.7 Å². The first-order valence-electron chi connectivity index (χ1n) is 4.56. The van der Waals surface area contributed by atoms with Gasteiger partial charge in [-0.3, -0.25) is 0 Å². The van der Waals surface area contributed by atoms with Gasteiger partial charge in [-0.15, -0.1) is 0 Å². The summed E-state index contributed by atoms with van der Waals surface area (Å²) in [5.74, 6) is -0.986. The Hall–Kier alpha value is -1.71. The van der Waals surface area contributed by atoms with Gasteiger partial charge in [0.05, 0.1) is 5.56 Å². The number of nitrogens with two attached hydrogens (primary N) is 1. The molecule has 0 radical (unpaired) electrons. The van der Waals surface area contributed by atoms with Gasteiger partial charge in [0.25, 0.3) is 0 Å². The van der Waals surface area contributed by atoms with Crippen LogP contribution in [-0.2, 0) is 0 Å². The Morgan fingerprint density at radius 2 is 2.21 bits per heavy atom. The van der Waals surface area contributed by atoms with Gasteiger partial charge in [0.15, 0.2) is 0 Å². The third-order valence-corrected chi connectivity index (χ3v) is 2.23. The Bertz CT molecular complexity index is 372. The molecule has 4 heteroatoms. The van der Waals surface area contributed by atoms with E-state index < -0.39 is 5.97 Å². The van der Waals surface area contributed by atoms with Crippen molar-refractivity contribution < 1.29 is 9.90 Å². The molecule has 4 nitrogen and oxygen atoms in total. The number of nitrogens with one attached hydrogen (secondary N) is 1. The highest BCUT2D eigenvalue weighted by Crippen LogP contribution is 2.26. The van der Waals surface area contributed by atoms with Crippen LogP contribution in [-0.4, -0.2) is 17.1 Å². The fourth-order valence-electron chi connectivity index (χ4n) is 1.31. The quantitative estimate of drug-likeness (QED) is 0.635. The van der Waals surface area contributed by atoms with Crippen LogP contribution in [0.15, 0.2) is 18.2 Å². The van der Waals surface area contributed by atoms with Crippen LogP contribution in [0.5, 0.6) is 0 Å². The number of anilines is 2. The second-order valence-electron chi connectivity index (χ2n) is 3.53. The molecule has 14 heavy (non-hydrogen) atoms. The van der Waals surface area contributed by atoms with Gasteiger partial charge in [-0.2, -0.15) is 0 Å². The highest BCUT2D eigenvalue weighted by Gasteiger charge is 2.21. The molecule has 0 aromatic heterocycles. The SMILES string of the molecule is Nc1cc(NC2CC2)ccc1C(=O)O. The van der Waals surface area contributed by atoms with Crippen LogP contribution in [0, 0.1) is 0 Å². The predicted molar refractivity (Wildman–Crippen MR) is 54.5 cm³/mol. The fraction of sp³-hybridized carbons (Fsp3) is 0.300. The first-order chi connectivity index (χ1) is 6.66. The van der Waals surface area contributed by atoms with E-state index in [0.717, 1.165) is 5.69 Å². The van der Waals surface area contributed by atoms with Gasteiger partial charge >= 0.3 is 5.97 Å². The number of nitrogen functional groups attached to an aromatic ring is 1. The van der Waals surface area contributed by atoms with E-state index in [4.69, 9.17) is 10.8 Å². The number of rotatable bonds is 3. The molecule has 0 heterocycles. The van der Waals surface area contributed by atoms with Crippen molar-refractivity contribution in [3.05, 3.63) is 23.8 Å². The lowest BCUT2D eigenvalue weighted by Gasteiger charge is -2.06. The van der Waals surface area contributed by atoms with Crippen LogP contribution in [0.4, 0.5) is 11.4 Å². The highest BCUT2D eigenvalue weighted by molar-refractivity contribution is 5.94. The fourth-order valence-corrected chi connectivity index (χ4v) is 1.31. The van der Waals surface area contributed by atoms with Crippen molar-refractivity contribution in [1.82, 2.24) is 0 Å². The Labute approximate surface area is 81.7 Å². The number of hydrogen-bond donors (Lipinski definition) is 3. The van der Waals surface area contributed by atoms with Crippen LogP contribution < -0.4 is 11.1 Å². The molecule has 0 amide bonds. The molecule has 0 atom stereocenters. The summed E-state index contributed by atoms with van der Waals surface area (Å²) in [5, 5.41) is 12.0. The van der Waals surface area contributed by atoms with Crippen LogP contribution in [0.1, 0.15) is 23.2 Å². The minimum absolute atomic E-state index is 0.159. The summed E-state index contributed by atoms with van der Waals surface area (Å²) in [6.45, 7) is 0. The summed E-state index contributed by atoms with van der Waals surface area (Å²) in [4.78, 5) is 10.7. The van der Waals surface area contributed by atoms with E-state index in [1.807, 2.05) is 0 Å². The van der Waals surface area contributed by atoms with Gasteiger partial charge in [-0.05, 0) is 31.0 Å². The second-order valence-corrected chi connectivity index (χ2v) is 3.53. The van der Waals surface area contributed by atoms with Gasteiger partial charge < -0.3 is 16.2 Å². The minimum atomic E-state index is -0.986. The number of carboxylic acids is 1. The third-order valence-electron chi connectivity index (χ3n) is 2.23. The van der Waals surface area contributed by atoms with E-state index in [-0.39, 0.29) is 5.56 Å². The molecular formula is C10H12N2O2. The molecule has 1 aromatic rings. The number of hydrogen-bond acceptors (Lipinski definition) is 3. The normalized spacial score (nSPS) is 15.1. The summed E-state index contributed by atoms with van der Waals surface area (Å²) >= 11 is 0. The van der Waals surface area contributed by atoms with Crippen LogP contribution in [0.3, 0.4) is 0 Å². The van der Waals surface area contributed by atoms with Gasteiger partial charge in [0.1, 0.15) is 0 Å². The monoisotopic (exact) mass is 192 g/mol. The van der Waals surface area contributed by atoms with Crippen LogP contribution in [0.2, 0.25) is 0 Å². The highest BCUT2D eigenvalue weighted by atomic mass is 16.4. The maximum absolute atomic E-state index is 10.7. The first-order valence-corrected chi connectivity index (χ1v) is 4.56. The number of carboxylic acid groups (broad SMARTS) is 1. The standard InChI is InChI=1S/C10H12N2O2/c11-9-5-7(12-6-1-2-6)3-4-8(9)10(13)14/h3-6,12H,1-2,11H2,(H,13,14). The largest absolute Gasteiger partial charge is 0.478 e. The van der Waals surface area contributed by atoms with Gasteiger partial charge in [0, 0.05) is 17.4 Å². The molecule has 74 valence electrons. The van der Waals surface area contributed by atoms with Crippen molar-refractivity contribution in [2.45, 2.75) is 18.9 Å². The van der Waals surface area contributed by atoms with Crippen LogP contribution in [0.25, 0.3) is 0 Å². The van der Waals surface area contributed by atoms with E-state index in [2.05, 4.69) is 5.32 Å². The molecule has 1 fully saturated rings. The summed E-state index contributed by atoms with van der Waals surface area (Å²) in [5.41, 5.74) is 6.96. The molecule has 0 aliphatic heterocycles. The van der Waals surface area contributed by atoms with E-state index in [1.165, 1.54) is 18.9 Å². The zero-order valence-corrected chi connectivity index (χ0v) is 7.66. The van der Waals surface area contributed by atoms with Crippen molar-refractivity contribution in [2.24, 2.45) is 0 Å². The number of benzene rings is 1. The molecule has 1 aromatic carbocycles. The molecule has 1 aliphatic carbocycles. The molecule has 2 rings (SSSR count). The molecule has 0 bridgehead atoms. The Kier molecular flexibility index (Phi) is 2.04. The van der Waals surface area contributed by atoms with E-state index in [1.54, 1.807) is 12.1 Å². The van der Waals surface area contributed by atoms with E-state index >= 15 is 0 Å². The Morgan fingerprint density at radius 3 is 2.71 bits per heavy atom. The van der Waals surface area contributed by atoms with Gasteiger partial charge in [0.2, 0.25) is 0 Å². The topological polar surface area (TPSA) is 75.3 Å². The van der Waals surface area contributed by atoms with Crippen LogP contribution >= 0.6 is 0 Å². The van der Waals surface area contributed by atoms with Crippen molar-refractivity contribution in [3.63, 3.8) is 0 Å². The first kappa shape index (κ1) is 8.87. The average molecular weight is 192 g/mol. The molecule has 4 N–H and O–H groups in total. The number of aromatic carboxylic acids is 1. The third kappa shape index (κ3) is 1.79. The zero-order valence-electron chi connectivity index (χ0n) is 7.66. The molecular weight excluding hydrogens is 180 g/mol. The van der Waals surface area contributed by atoms with Gasteiger partial charge in [-0.25, -0.2) is 4.79 Å². The molecule has 0 unspecified atom stereocenters. The smallest absolute Gasteiger partial charge is 0.337 e. The summed E-state index contributed by atoms with van der Waals surface area (Å²) in [6.07, 6.45) is 2.36. The summed E-state index contributed by atoms with van der Waals surface area (Å²) in [7, 11) is 0. The van der Waals surface area contributed by atoms with E-state index in [9.17, 15) is 4.79 Å². The lowest BCUT2D eigenvalue weighted by Crippen LogP contribution is -2.05. The molecule has 1 aliphatic rings. The van der Waals surface area contributed by atoms with Crippen molar-refractivity contribution in [1.29, 1.82) is 0 Å².